The van der Waals surface area contributed by atoms with E-state index >= 15 is 0 Å². The van der Waals surface area contributed by atoms with Crippen LogP contribution in [0.25, 0.3) is 0 Å². The molecule has 0 aliphatic heterocycles. The Morgan fingerprint density at radius 3 is 2.53 bits per heavy atom. The van der Waals surface area contributed by atoms with E-state index in [2.05, 4.69) is 26.1 Å². The maximum atomic E-state index is 10.8. The molecule has 1 N–H and O–H groups in total. The highest BCUT2D eigenvalue weighted by Gasteiger charge is 2.15. The number of rotatable bonds is 7. The zero-order valence-electron chi connectivity index (χ0n) is 11.6. The van der Waals surface area contributed by atoms with Gasteiger partial charge in [-0.15, -0.1) is 0 Å². The second-order valence-electron chi connectivity index (χ2n) is 4.79. The molecule has 106 valence electrons. The highest BCUT2D eigenvalue weighted by Crippen LogP contribution is 2.25. The molecule has 0 heterocycles. The number of nitrogens with one attached hydrogen (secondary N) is 1. The van der Waals surface area contributed by atoms with Gasteiger partial charge in [-0.25, -0.2) is 0 Å². The van der Waals surface area contributed by atoms with Crippen molar-refractivity contribution in [2.45, 2.75) is 46.2 Å². The molecule has 1 aromatic rings. The first-order valence-corrected chi connectivity index (χ1v) is 7.03. The van der Waals surface area contributed by atoms with Crippen LogP contribution in [-0.4, -0.2) is 11.0 Å². The largest absolute Gasteiger partial charge is 0.310 e. The molecule has 0 fully saturated rings. The third-order valence-electron chi connectivity index (χ3n) is 3.59. The Labute approximate surface area is 119 Å². The van der Waals surface area contributed by atoms with Crippen LogP contribution in [0.15, 0.2) is 18.2 Å². The molecule has 0 radical (unpaired) electrons. The van der Waals surface area contributed by atoms with Crippen LogP contribution in [0, 0.1) is 16.0 Å². The molecular weight excluding hydrogens is 264 g/mol. The molecule has 0 amide bonds. The molecule has 0 aliphatic rings. The first-order chi connectivity index (χ1) is 8.99. The van der Waals surface area contributed by atoms with Crippen molar-refractivity contribution in [1.29, 1.82) is 0 Å². The van der Waals surface area contributed by atoms with Crippen LogP contribution in [0.2, 0.25) is 5.02 Å². The summed E-state index contributed by atoms with van der Waals surface area (Å²) in [7, 11) is 0. The van der Waals surface area contributed by atoms with Gasteiger partial charge in [0.05, 0.1) is 4.92 Å². The van der Waals surface area contributed by atoms with Crippen LogP contribution in [0.4, 0.5) is 5.69 Å². The molecule has 1 atom stereocenters. The number of benzene rings is 1. The number of halogens is 1. The second-order valence-corrected chi connectivity index (χ2v) is 5.20. The summed E-state index contributed by atoms with van der Waals surface area (Å²) in [6, 6.07) is 5.33. The number of nitro benzene ring substituents is 1. The van der Waals surface area contributed by atoms with E-state index in [9.17, 15) is 10.1 Å². The van der Waals surface area contributed by atoms with Gasteiger partial charge < -0.3 is 5.32 Å². The predicted octanol–water partition coefficient (Wildman–Crippen LogP) is 4.16. The van der Waals surface area contributed by atoms with Crippen LogP contribution >= 0.6 is 11.6 Å². The minimum Gasteiger partial charge on any atom is -0.310 e. The third-order valence-corrected chi connectivity index (χ3v) is 3.91. The van der Waals surface area contributed by atoms with E-state index in [1.165, 1.54) is 6.07 Å². The molecule has 19 heavy (non-hydrogen) atoms. The molecule has 4 nitrogen and oxygen atoms in total. The van der Waals surface area contributed by atoms with Crippen molar-refractivity contribution in [3.63, 3.8) is 0 Å². The molecular formula is C14H21ClN2O2. The maximum absolute atomic E-state index is 10.8. The Balaban J connectivity index is 2.68. The summed E-state index contributed by atoms with van der Waals surface area (Å²) in [5.41, 5.74) is 0.852. The Morgan fingerprint density at radius 1 is 1.37 bits per heavy atom. The molecule has 0 aliphatic carbocycles. The van der Waals surface area contributed by atoms with Gasteiger partial charge in [-0.05, 0) is 24.5 Å². The fourth-order valence-corrected chi connectivity index (χ4v) is 2.44. The van der Waals surface area contributed by atoms with Gasteiger partial charge in [-0.2, -0.15) is 0 Å². The van der Waals surface area contributed by atoms with Crippen molar-refractivity contribution in [3.8, 4) is 0 Å². The summed E-state index contributed by atoms with van der Waals surface area (Å²) in [5, 5.41) is 14.4. The van der Waals surface area contributed by atoms with E-state index in [4.69, 9.17) is 11.6 Å². The number of hydrogen-bond donors (Lipinski definition) is 1. The van der Waals surface area contributed by atoms with Gasteiger partial charge in [0.2, 0.25) is 0 Å². The van der Waals surface area contributed by atoms with E-state index in [0.717, 1.165) is 18.4 Å². The molecule has 1 aromatic carbocycles. The molecule has 0 bridgehead atoms. The van der Waals surface area contributed by atoms with E-state index < -0.39 is 4.92 Å². The summed E-state index contributed by atoms with van der Waals surface area (Å²) < 4.78 is 0. The topological polar surface area (TPSA) is 55.2 Å². The SMILES string of the molecule is CCC(CC)C(C)NCc1ccc(Cl)c([N+](=O)[O-])c1. The van der Waals surface area contributed by atoms with Crippen LogP contribution in [0.5, 0.6) is 0 Å². The third kappa shape index (κ3) is 4.48. The lowest BCUT2D eigenvalue weighted by molar-refractivity contribution is -0.384. The molecule has 0 spiro atoms. The molecule has 1 rings (SSSR count). The molecule has 5 heteroatoms. The van der Waals surface area contributed by atoms with Crippen molar-refractivity contribution in [1.82, 2.24) is 5.32 Å². The molecule has 0 aromatic heterocycles. The zero-order chi connectivity index (χ0) is 14.4. The molecule has 1 unspecified atom stereocenters. The summed E-state index contributed by atoms with van der Waals surface area (Å²) >= 11 is 5.79. The van der Waals surface area contributed by atoms with Gasteiger partial charge in [-0.3, -0.25) is 10.1 Å². The van der Waals surface area contributed by atoms with Gasteiger partial charge in [-0.1, -0.05) is 44.4 Å². The van der Waals surface area contributed by atoms with E-state index in [1.807, 2.05) is 6.07 Å². The monoisotopic (exact) mass is 284 g/mol. The predicted molar refractivity (Wildman–Crippen MR) is 78.5 cm³/mol. The first kappa shape index (κ1) is 15.9. The number of nitrogens with zero attached hydrogens (tertiary/aromatic N) is 1. The van der Waals surface area contributed by atoms with Crippen molar-refractivity contribution in [3.05, 3.63) is 38.9 Å². The lowest BCUT2D eigenvalue weighted by Gasteiger charge is -2.22. The average Bonchev–Trinajstić information content (AvgIpc) is 2.38. The highest BCUT2D eigenvalue weighted by atomic mass is 35.5. The van der Waals surface area contributed by atoms with Gasteiger partial charge in [0.1, 0.15) is 5.02 Å². The minimum atomic E-state index is -0.448. The second kappa shape index (κ2) is 7.46. The Bertz CT molecular complexity index is 433. The van der Waals surface area contributed by atoms with Crippen LogP contribution < -0.4 is 5.32 Å². The van der Waals surface area contributed by atoms with Crippen LogP contribution in [0.3, 0.4) is 0 Å². The fourth-order valence-electron chi connectivity index (χ4n) is 2.25. The summed E-state index contributed by atoms with van der Waals surface area (Å²) in [5.74, 6) is 0.627. The van der Waals surface area contributed by atoms with E-state index in [1.54, 1.807) is 6.07 Å². The minimum absolute atomic E-state index is 0.0313. The van der Waals surface area contributed by atoms with Gasteiger partial charge in [0, 0.05) is 18.7 Å². The average molecular weight is 285 g/mol. The number of hydrogen-bond acceptors (Lipinski definition) is 3. The van der Waals surface area contributed by atoms with Crippen LogP contribution in [-0.2, 0) is 6.54 Å². The summed E-state index contributed by atoms with van der Waals surface area (Å²) in [4.78, 5) is 10.4. The van der Waals surface area contributed by atoms with Crippen molar-refractivity contribution in [2.75, 3.05) is 0 Å². The van der Waals surface area contributed by atoms with E-state index in [0.29, 0.717) is 18.5 Å². The highest BCUT2D eigenvalue weighted by molar-refractivity contribution is 6.32. The molecule has 0 saturated carbocycles. The normalized spacial score (nSPS) is 12.7. The lowest BCUT2D eigenvalue weighted by atomic mass is 9.95. The maximum Gasteiger partial charge on any atom is 0.288 e. The zero-order valence-corrected chi connectivity index (χ0v) is 12.4. The van der Waals surface area contributed by atoms with Crippen molar-refractivity contribution < 1.29 is 4.92 Å². The van der Waals surface area contributed by atoms with Gasteiger partial charge in [0.25, 0.3) is 5.69 Å². The Hall–Kier alpha value is -1.13. The van der Waals surface area contributed by atoms with Crippen LogP contribution in [0.1, 0.15) is 39.2 Å². The van der Waals surface area contributed by atoms with E-state index in [-0.39, 0.29) is 10.7 Å². The van der Waals surface area contributed by atoms with Crippen molar-refractivity contribution in [2.24, 2.45) is 5.92 Å². The first-order valence-electron chi connectivity index (χ1n) is 6.65. The van der Waals surface area contributed by atoms with Crippen molar-refractivity contribution >= 4 is 17.3 Å². The standard InChI is InChI=1S/C14H21ClN2O2/c1-4-12(5-2)10(3)16-9-11-6-7-13(15)14(8-11)17(18)19/h6-8,10,12,16H,4-5,9H2,1-3H3. The van der Waals surface area contributed by atoms with Gasteiger partial charge in [0.15, 0.2) is 0 Å². The quantitative estimate of drug-likeness (QED) is 0.604. The van der Waals surface area contributed by atoms with Gasteiger partial charge >= 0.3 is 0 Å². The smallest absolute Gasteiger partial charge is 0.288 e. The summed E-state index contributed by atoms with van der Waals surface area (Å²) in [6.45, 7) is 7.14. The Kier molecular flexibility index (Phi) is 6.25. The lowest BCUT2D eigenvalue weighted by Crippen LogP contribution is -2.32. The summed E-state index contributed by atoms with van der Waals surface area (Å²) in [6.07, 6.45) is 2.26. The fraction of sp³-hybridized carbons (Fsp3) is 0.571. The Morgan fingerprint density at radius 2 is 2.00 bits per heavy atom. The molecule has 0 saturated heterocycles. The number of nitro groups is 1.